The van der Waals surface area contributed by atoms with Crippen LogP contribution < -0.4 is 0 Å². The maximum atomic E-state index is 8.84. The van der Waals surface area contributed by atoms with Gasteiger partial charge in [-0.1, -0.05) is 40.5 Å². The number of rotatable bonds is 4. The Kier molecular flexibility index (Phi) is 6.25. The minimum absolute atomic E-state index is 0.137. The SMILES string of the molecule is CC(C)CC1CC1.[3H]CC(O)CC(C)C. The molecule has 0 aromatic carbocycles. The van der Waals surface area contributed by atoms with E-state index >= 15 is 0 Å². The number of aliphatic hydroxyl groups excluding tert-OH is 1. The fraction of sp³-hybridized carbons (Fsp3) is 1.00. The van der Waals surface area contributed by atoms with E-state index in [1.165, 1.54) is 19.3 Å². The molecule has 1 aliphatic rings. The van der Waals surface area contributed by atoms with E-state index < -0.39 is 6.10 Å². The van der Waals surface area contributed by atoms with Gasteiger partial charge >= 0.3 is 0 Å². The summed E-state index contributed by atoms with van der Waals surface area (Å²) in [5.41, 5.74) is 0. The predicted molar refractivity (Wildman–Crippen MR) is 63.3 cm³/mol. The summed E-state index contributed by atoms with van der Waals surface area (Å²) in [5.74, 6) is 2.57. The highest BCUT2D eigenvalue weighted by molar-refractivity contribution is 4.73. The maximum absolute atomic E-state index is 8.84. The molecule has 1 heteroatoms. The minimum atomic E-state index is -0.407. The molecule has 0 aliphatic heterocycles. The summed E-state index contributed by atoms with van der Waals surface area (Å²) in [6.07, 6.45) is 4.84. The average molecular weight is 202 g/mol. The number of aliphatic hydroxyl groups is 1. The Labute approximate surface area is 91.3 Å². The monoisotopic (exact) mass is 202 g/mol. The van der Waals surface area contributed by atoms with E-state index in [9.17, 15) is 0 Å². The summed E-state index contributed by atoms with van der Waals surface area (Å²) in [7, 11) is 0. The summed E-state index contributed by atoms with van der Waals surface area (Å²) in [6, 6.07) is 0. The maximum Gasteiger partial charge on any atom is 0.0514 e. The summed E-state index contributed by atoms with van der Waals surface area (Å²) < 4.78 is 6.75. The first-order valence-corrected chi connectivity index (χ1v) is 5.93. The molecule has 0 radical (unpaired) electrons. The lowest BCUT2D eigenvalue weighted by molar-refractivity contribution is 0.168. The van der Waals surface area contributed by atoms with Crippen molar-refractivity contribution in [3.05, 3.63) is 0 Å². The average Bonchev–Trinajstić information content (AvgIpc) is 2.87. The smallest absolute Gasteiger partial charge is 0.0514 e. The van der Waals surface area contributed by atoms with E-state index in [4.69, 9.17) is 6.48 Å². The van der Waals surface area contributed by atoms with Gasteiger partial charge in [-0.2, -0.15) is 0 Å². The van der Waals surface area contributed by atoms with Gasteiger partial charge in [-0.15, -0.1) is 0 Å². The van der Waals surface area contributed by atoms with Crippen molar-refractivity contribution in [1.82, 2.24) is 0 Å². The van der Waals surface area contributed by atoms with Gasteiger partial charge < -0.3 is 5.11 Å². The number of hydrogen-bond donors (Lipinski definition) is 1. The molecule has 0 aromatic heterocycles. The molecule has 0 bridgehead atoms. The van der Waals surface area contributed by atoms with Crippen molar-refractivity contribution in [2.45, 2.75) is 66.4 Å². The summed E-state index contributed by atoms with van der Waals surface area (Å²) in [4.78, 5) is 0. The second-order valence-electron chi connectivity index (χ2n) is 5.36. The van der Waals surface area contributed by atoms with Crippen LogP contribution in [-0.4, -0.2) is 11.2 Å². The zero-order chi connectivity index (χ0) is 11.8. The first-order chi connectivity index (χ1) is 6.95. The minimum Gasteiger partial charge on any atom is -0.393 e. The Bertz CT molecular complexity index is 141. The molecule has 0 spiro atoms. The van der Waals surface area contributed by atoms with Gasteiger partial charge in [0.25, 0.3) is 0 Å². The van der Waals surface area contributed by atoms with Crippen molar-refractivity contribution in [2.24, 2.45) is 17.8 Å². The third-order valence-corrected chi connectivity index (χ3v) is 2.25. The fourth-order valence-electron chi connectivity index (χ4n) is 1.56. The van der Waals surface area contributed by atoms with Gasteiger partial charge in [0.15, 0.2) is 0 Å². The van der Waals surface area contributed by atoms with Crippen LogP contribution in [0.25, 0.3) is 0 Å². The Morgan fingerprint density at radius 2 is 1.79 bits per heavy atom. The van der Waals surface area contributed by atoms with Crippen molar-refractivity contribution in [2.75, 3.05) is 0 Å². The molecule has 1 atom stereocenters. The molecule has 1 N–H and O–H groups in total. The van der Waals surface area contributed by atoms with E-state index in [2.05, 4.69) is 13.8 Å². The highest BCUT2D eigenvalue weighted by Gasteiger charge is 2.21. The van der Waals surface area contributed by atoms with Crippen molar-refractivity contribution in [3.8, 4) is 0 Å². The Hall–Kier alpha value is -0.0400. The molecule has 0 heterocycles. The van der Waals surface area contributed by atoms with E-state index in [1.54, 1.807) is 0 Å². The van der Waals surface area contributed by atoms with Crippen LogP contribution in [0.3, 0.4) is 0 Å². The second-order valence-corrected chi connectivity index (χ2v) is 5.36. The molecule has 1 fully saturated rings. The van der Waals surface area contributed by atoms with Gasteiger partial charge in [0.2, 0.25) is 0 Å². The van der Waals surface area contributed by atoms with Crippen molar-refractivity contribution < 1.29 is 6.48 Å². The largest absolute Gasteiger partial charge is 0.393 e. The normalized spacial score (nSPS) is 18.9. The third-order valence-electron chi connectivity index (χ3n) is 2.25. The van der Waals surface area contributed by atoms with Crippen molar-refractivity contribution in [1.29, 1.82) is 0 Å². The Morgan fingerprint density at radius 1 is 1.21 bits per heavy atom. The van der Waals surface area contributed by atoms with Crippen LogP contribution in [0.1, 0.15) is 61.6 Å². The van der Waals surface area contributed by atoms with Gasteiger partial charge in [-0.3, -0.25) is 0 Å². The van der Waals surface area contributed by atoms with E-state index in [-0.39, 0.29) is 6.90 Å². The van der Waals surface area contributed by atoms with Crippen LogP contribution in [-0.2, 0) is 0 Å². The van der Waals surface area contributed by atoms with Crippen molar-refractivity contribution in [3.63, 3.8) is 0 Å². The third kappa shape index (κ3) is 12.0. The molecule has 1 rings (SSSR count). The number of hydrogen-bond acceptors (Lipinski definition) is 1. The Balaban J connectivity index is 0.000000262. The van der Waals surface area contributed by atoms with E-state index in [0.29, 0.717) is 5.92 Å². The molecule has 1 unspecified atom stereocenters. The van der Waals surface area contributed by atoms with Crippen LogP contribution in [0.5, 0.6) is 0 Å². The molecule has 1 aliphatic carbocycles. The lowest BCUT2D eigenvalue weighted by Crippen LogP contribution is -2.03. The predicted octanol–water partition coefficient (Wildman–Crippen LogP) is 3.86. The van der Waals surface area contributed by atoms with Gasteiger partial charge in [0, 0.05) is 1.37 Å². The molecule has 14 heavy (non-hydrogen) atoms. The summed E-state index contributed by atoms with van der Waals surface area (Å²) >= 11 is 0. The standard InChI is InChI=1S/C7H14.C6H14O/c1-6(2)5-7-3-4-7;1-5(2)4-6(3)7/h6-7H,3-5H2,1-2H3;5-7H,4H2,1-3H3/i;3T. The summed E-state index contributed by atoms with van der Waals surface area (Å²) in [6.45, 7) is 8.83. The summed E-state index contributed by atoms with van der Waals surface area (Å²) in [5, 5.41) is 8.84. The quantitative estimate of drug-likeness (QED) is 0.734. The second kappa shape index (κ2) is 7.28. The lowest BCUT2D eigenvalue weighted by atomic mass is 10.1. The molecular formula is C13H28O. The van der Waals surface area contributed by atoms with Crippen LogP contribution in [0.4, 0.5) is 0 Å². The topological polar surface area (TPSA) is 20.2 Å². The van der Waals surface area contributed by atoms with Gasteiger partial charge in [-0.05, 0) is 37.5 Å². The van der Waals surface area contributed by atoms with Gasteiger partial charge in [0.05, 0.1) is 6.10 Å². The van der Waals surface area contributed by atoms with E-state index in [1.807, 2.05) is 13.8 Å². The molecule has 1 saturated carbocycles. The highest BCUT2D eigenvalue weighted by Crippen LogP contribution is 2.34. The first kappa shape index (κ1) is 12.0. The zero-order valence-electron chi connectivity index (χ0n) is 11.3. The van der Waals surface area contributed by atoms with E-state index in [0.717, 1.165) is 18.3 Å². The molecule has 1 nitrogen and oxygen atoms in total. The van der Waals surface area contributed by atoms with Crippen LogP contribution in [0, 0.1) is 17.8 Å². The van der Waals surface area contributed by atoms with Crippen LogP contribution >= 0.6 is 0 Å². The van der Waals surface area contributed by atoms with Crippen LogP contribution in [0.2, 0.25) is 0 Å². The highest BCUT2D eigenvalue weighted by atomic mass is 16.3. The fourth-order valence-corrected chi connectivity index (χ4v) is 1.56. The van der Waals surface area contributed by atoms with Crippen molar-refractivity contribution >= 4 is 0 Å². The molecular weight excluding hydrogens is 172 g/mol. The first-order valence-electron chi connectivity index (χ1n) is 6.63. The molecule has 0 aromatic rings. The molecule has 86 valence electrons. The van der Waals surface area contributed by atoms with Crippen LogP contribution in [0.15, 0.2) is 0 Å². The van der Waals surface area contributed by atoms with Gasteiger partial charge in [0.1, 0.15) is 0 Å². The zero-order valence-corrected chi connectivity index (χ0v) is 10.3. The van der Waals surface area contributed by atoms with Gasteiger partial charge in [-0.25, -0.2) is 0 Å². The molecule has 0 saturated heterocycles. The Morgan fingerprint density at radius 3 is 1.93 bits per heavy atom. The molecule has 0 amide bonds. The lowest BCUT2D eigenvalue weighted by Gasteiger charge is -2.04.